The number of phenols is 1. The molecule has 3 N–H and O–H groups in total. The molecule has 1 saturated heterocycles. The highest BCUT2D eigenvalue weighted by Gasteiger charge is 2.32. The van der Waals surface area contributed by atoms with E-state index >= 15 is 0 Å². The van der Waals surface area contributed by atoms with Crippen LogP contribution in [0, 0.1) is 0 Å². The summed E-state index contributed by atoms with van der Waals surface area (Å²) in [6.07, 6.45) is 1.58. The van der Waals surface area contributed by atoms with Crippen molar-refractivity contribution in [3.8, 4) is 5.75 Å². The highest BCUT2D eigenvalue weighted by Crippen LogP contribution is 2.41. The number of rotatable bonds is 2. The molecule has 0 unspecified atom stereocenters. The number of anilines is 1. The molecule has 2 aliphatic rings. The number of nitrogens with one attached hydrogen (secondary N) is 2. The van der Waals surface area contributed by atoms with Gasteiger partial charge in [-0.05, 0) is 30.5 Å². The number of carbonyl (C=O) groups excluding carboxylic acids is 1. The Morgan fingerprint density at radius 3 is 2.80 bits per heavy atom. The number of thioether (sulfide) groups is 1. The summed E-state index contributed by atoms with van der Waals surface area (Å²) in [7, 11) is 0. The summed E-state index contributed by atoms with van der Waals surface area (Å²) in [6, 6.07) is 6.94. The number of aromatic nitrogens is 2. The van der Waals surface area contributed by atoms with Gasteiger partial charge in [0, 0.05) is 13.2 Å². The van der Waals surface area contributed by atoms with Gasteiger partial charge in [0.1, 0.15) is 11.6 Å². The second-order valence-electron chi connectivity index (χ2n) is 6.25. The molecule has 1 atom stereocenters. The van der Waals surface area contributed by atoms with Crippen LogP contribution in [0.25, 0.3) is 0 Å². The van der Waals surface area contributed by atoms with E-state index in [2.05, 4.69) is 10.4 Å². The standard InChI is InChI=1S/C17H19N3O4S/c21-12-3-1-2-10(8-12)15-14-16(18-13(22)9-25-15)20(19-17(14)23)11-4-6-24-7-5-11/h1-3,8,11,15,21H,4-7,9H2,(H,18,22)(H,19,23)/t15-/m1/s1. The highest BCUT2D eigenvalue weighted by atomic mass is 32.2. The van der Waals surface area contributed by atoms with Crippen molar-refractivity contribution in [1.82, 2.24) is 9.78 Å². The Morgan fingerprint density at radius 1 is 1.24 bits per heavy atom. The summed E-state index contributed by atoms with van der Waals surface area (Å²) >= 11 is 1.39. The Labute approximate surface area is 148 Å². The van der Waals surface area contributed by atoms with Crippen LogP contribution in [-0.4, -0.2) is 39.8 Å². The lowest BCUT2D eigenvalue weighted by Gasteiger charge is -2.25. The van der Waals surface area contributed by atoms with Crippen molar-refractivity contribution in [2.24, 2.45) is 0 Å². The Bertz CT molecular complexity index is 854. The molecule has 0 aliphatic carbocycles. The number of ether oxygens (including phenoxy) is 1. The molecule has 1 aromatic carbocycles. The number of nitrogens with zero attached hydrogens (tertiary/aromatic N) is 1. The van der Waals surface area contributed by atoms with Crippen LogP contribution < -0.4 is 10.9 Å². The van der Waals surface area contributed by atoms with E-state index in [9.17, 15) is 14.7 Å². The van der Waals surface area contributed by atoms with Gasteiger partial charge in [0.2, 0.25) is 5.91 Å². The fourth-order valence-corrected chi connectivity index (χ4v) is 4.53. The van der Waals surface area contributed by atoms with Crippen LogP contribution in [0.3, 0.4) is 0 Å². The molecule has 0 radical (unpaired) electrons. The lowest BCUT2D eigenvalue weighted by atomic mass is 10.1. The second kappa shape index (κ2) is 6.61. The highest BCUT2D eigenvalue weighted by molar-refractivity contribution is 8.00. The summed E-state index contributed by atoms with van der Waals surface area (Å²) in [6.45, 7) is 1.27. The van der Waals surface area contributed by atoms with Gasteiger partial charge in [0.05, 0.1) is 22.6 Å². The Balaban J connectivity index is 1.82. The molecule has 1 fully saturated rings. The molecule has 132 valence electrons. The minimum absolute atomic E-state index is 0.0958. The molecule has 2 aromatic rings. The fourth-order valence-electron chi connectivity index (χ4n) is 3.41. The molecule has 25 heavy (non-hydrogen) atoms. The van der Waals surface area contributed by atoms with Crippen LogP contribution in [0.5, 0.6) is 5.75 Å². The van der Waals surface area contributed by atoms with Crippen molar-refractivity contribution in [1.29, 1.82) is 0 Å². The van der Waals surface area contributed by atoms with E-state index in [-0.39, 0.29) is 34.3 Å². The van der Waals surface area contributed by atoms with Crippen LogP contribution in [0.2, 0.25) is 0 Å². The van der Waals surface area contributed by atoms with Gasteiger partial charge in [-0.1, -0.05) is 12.1 Å². The third-order valence-electron chi connectivity index (χ3n) is 4.59. The third kappa shape index (κ3) is 3.07. The lowest BCUT2D eigenvalue weighted by Crippen LogP contribution is -2.24. The van der Waals surface area contributed by atoms with E-state index in [1.807, 2.05) is 6.07 Å². The zero-order valence-electron chi connectivity index (χ0n) is 13.5. The van der Waals surface area contributed by atoms with Crippen molar-refractivity contribution in [2.75, 3.05) is 24.3 Å². The minimum Gasteiger partial charge on any atom is -0.508 e. The fraction of sp³-hybridized carbons (Fsp3) is 0.412. The van der Waals surface area contributed by atoms with Gasteiger partial charge in [-0.15, -0.1) is 11.8 Å². The molecule has 0 spiro atoms. The summed E-state index contributed by atoms with van der Waals surface area (Å²) in [5, 5.41) is 15.3. The molecule has 7 nitrogen and oxygen atoms in total. The van der Waals surface area contributed by atoms with Crippen LogP contribution in [0.15, 0.2) is 29.1 Å². The number of carbonyl (C=O) groups is 1. The molecule has 1 amide bonds. The number of benzene rings is 1. The van der Waals surface area contributed by atoms with Gasteiger partial charge in [-0.3, -0.25) is 19.4 Å². The van der Waals surface area contributed by atoms with Crippen molar-refractivity contribution >= 4 is 23.5 Å². The van der Waals surface area contributed by atoms with Gasteiger partial charge >= 0.3 is 0 Å². The maximum atomic E-state index is 12.7. The number of hydrogen-bond donors (Lipinski definition) is 3. The predicted octanol–water partition coefficient (Wildman–Crippen LogP) is 2.01. The van der Waals surface area contributed by atoms with E-state index < -0.39 is 0 Å². The molecule has 3 heterocycles. The summed E-state index contributed by atoms with van der Waals surface area (Å²) in [5.41, 5.74) is 1.13. The Hall–Kier alpha value is -2.19. The number of aromatic hydroxyl groups is 1. The lowest BCUT2D eigenvalue weighted by molar-refractivity contribution is -0.113. The molecule has 1 aromatic heterocycles. The number of phenolic OH excluding ortho intramolecular Hbond substituents is 1. The molecule has 0 saturated carbocycles. The third-order valence-corrected chi connectivity index (χ3v) is 5.86. The first-order chi connectivity index (χ1) is 12.1. The van der Waals surface area contributed by atoms with E-state index in [1.165, 1.54) is 11.8 Å². The van der Waals surface area contributed by atoms with Crippen molar-refractivity contribution < 1.29 is 14.6 Å². The smallest absolute Gasteiger partial charge is 0.270 e. The first kappa shape index (κ1) is 16.3. The van der Waals surface area contributed by atoms with Crippen molar-refractivity contribution in [3.05, 3.63) is 45.7 Å². The monoisotopic (exact) mass is 361 g/mol. The number of hydrogen-bond acceptors (Lipinski definition) is 5. The summed E-state index contributed by atoms with van der Waals surface area (Å²) < 4.78 is 7.19. The number of aromatic amines is 1. The van der Waals surface area contributed by atoms with Gasteiger partial charge in [0.15, 0.2) is 0 Å². The number of H-pyrrole nitrogens is 1. The topological polar surface area (TPSA) is 96.3 Å². The molecule has 0 bridgehead atoms. The SMILES string of the molecule is O=C1CS[C@H](c2cccc(O)c2)c2c(n(C3CCOCC3)[nH]c2=O)N1. The van der Waals surface area contributed by atoms with Crippen LogP contribution in [0.1, 0.15) is 35.3 Å². The van der Waals surface area contributed by atoms with Gasteiger partial charge in [0.25, 0.3) is 5.56 Å². The molecular weight excluding hydrogens is 342 g/mol. The van der Waals surface area contributed by atoms with Crippen LogP contribution >= 0.6 is 11.8 Å². The number of fused-ring (bicyclic) bond motifs is 1. The van der Waals surface area contributed by atoms with Gasteiger partial charge in [-0.2, -0.15) is 0 Å². The van der Waals surface area contributed by atoms with Crippen LogP contribution in [0.4, 0.5) is 5.82 Å². The quantitative estimate of drug-likeness (QED) is 0.760. The van der Waals surface area contributed by atoms with E-state index in [4.69, 9.17) is 4.74 Å². The Kier molecular flexibility index (Phi) is 4.30. The second-order valence-corrected chi connectivity index (χ2v) is 7.34. The zero-order valence-corrected chi connectivity index (χ0v) is 14.3. The van der Waals surface area contributed by atoms with Gasteiger partial charge in [-0.25, -0.2) is 0 Å². The maximum Gasteiger partial charge on any atom is 0.270 e. The first-order valence-corrected chi connectivity index (χ1v) is 9.31. The van der Waals surface area contributed by atoms with E-state index in [0.29, 0.717) is 24.6 Å². The van der Waals surface area contributed by atoms with E-state index in [0.717, 1.165) is 18.4 Å². The average Bonchev–Trinajstić information content (AvgIpc) is 2.82. The molecule has 4 rings (SSSR count). The zero-order chi connectivity index (χ0) is 17.4. The van der Waals surface area contributed by atoms with Crippen molar-refractivity contribution in [3.63, 3.8) is 0 Å². The Morgan fingerprint density at radius 2 is 2.04 bits per heavy atom. The average molecular weight is 361 g/mol. The van der Waals surface area contributed by atoms with Crippen LogP contribution in [-0.2, 0) is 9.53 Å². The maximum absolute atomic E-state index is 12.7. The normalized spacial score (nSPS) is 21.4. The number of amides is 1. The predicted molar refractivity (Wildman–Crippen MR) is 95.2 cm³/mol. The minimum atomic E-state index is -0.314. The molecule has 8 heteroatoms. The van der Waals surface area contributed by atoms with Gasteiger partial charge < -0.3 is 15.2 Å². The molecular formula is C17H19N3O4S. The summed E-state index contributed by atoms with van der Waals surface area (Å²) in [4.78, 5) is 24.9. The largest absolute Gasteiger partial charge is 0.508 e. The summed E-state index contributed by atoms with van der Waals surface area (Å²) in [5.74, 6) is 0.805. The molecule has 2 aliphatic heterocycles. The first-order valence-electron chi connectivity index (χ1n) is 8.26. The van der Waals surface area contributed by atoms with Crippen molar-refractivity contribution in [2.45, 2.75) is 24.1 Å². The van der Waals surface area contributed by atoms with E-state index in [1.54, 1.807) is 22.9 Å².